The molecule has 21 nitrogen and oxygen atoms in total. The van der Waals surface area contributed by atoms with Crippen LogP contribution in [0.15, 0.2) is 81.0 Å². The summed E-state index contributed by atoms with van der Waals surface area (Å²) in [5, 5.41) is 46.5. The quantitative estimate of drug-likeness (QED) is 0.00717. The Kier molecular flexibility index (Phi) is 31.2. The van der Waals surface area contributed by atoms with E-state index in [4.69, 9.17) is 13.9 Å². The smallest absolute Gasteiger partial charge is 0.397 e. The number of sulfonamides is 1. The first kappa shape index (κ1) is 73.3. The minimum atomic E-state index is -5.21. The van der Waals surface area contributed by atoms with Gasteiger partial charge in [0.2, 0.25) is 21.3 Å². The molecule has 0 aromatic heterocycles. The molecule has 7 atom stereocenters. The van der Waals surface area contributed by atoms with Crippen molar-refractivity contribution in [3.63, 3.8) is 0 Å². The Morgan fingerprint density at radius 2 is 1.34 bits per heavy atom. The Hall–Kier alpha value is -4.41. The molecule has 0 saturated carbocycles. The van der Waals surface area contributed by atoms with Gasteiger partial charge in [-0.25, -0.2) is 30.3 Å². The molecule has 2 heterocycles. The molecule has 490 valence electrons. The number of amides is 1. The van der Waals surface area contributed by atoms with Crippen molar-refractivity contribution in [1.29, 1.82) is 0 Å². The summed E-state index contributed by atoms with van der Waals surface area (Å²) in [5.41, 5.74) is 2.43. The van der Waals surface area contributed by atoms with Gasteiger partial charge < -0.3 is 49.1 Å². The topological polar surface area (TPSA) is 315 Å². The lowest BCUT2D eigenvalue weighted by molar-refractivity contribution is -0.298. The molecule has 0 unspecified atom stereocenters. The summed E-state index contributed by atoms with van der Waals surface area (Å²) < 4.78 is 126. The molecular formula is C63H98N4O17S3. The number of nitrogens with one attached hydrogen (secondary N) is 2. The SMILES string of the molecule is CCCCCCCCCCCCC/C=C/[C@@H](O)[C@H](CO[C@@H]1O[C@H](CO)[C@H](O)[C@H](OS(=O)(=O)O)[C@H]1O)NC(=O)CCCCCCCCCCCNS(=O)(=O)c1ccc(-c2c3ccc(=[N+](CC)CC)cc-3oc3cc(N(CC)CC)ccc23)c(S(=O)(=O)[O-])c1. The predicted octanol–water partition coefficient (Wildman–Crippen LogP) is 8.69. The van der Waals surface area contributed by atoms with Crippen molar-refractivity contribution < 1.29 is 77.7 Å². The summed E-state index contributed by atoms with van der Waals surface area (Å²) in [5.74, 6) is 0.105. The number of benzene rings is 3. The number of carbonyl (C=O) groups is 1. The number of hydrogen-bond donors (Lipinski definition) is 7. The number of anilines is 1. The summed E-state index contributed by atoms with van der Waals surface area (Å²) in [7, 11) is -14.6. The Morgan fingerprint density at radius 1 is 0.747 bits per heavy atom. The Bertz CT molecular complexity index is 3150. The number of rotatable bonds is 42. The number of ether oxygens (including phenoxy) is 2. The normalized spacial score (nSPS) is 18.4. The number of nitrogens with zero attached hydrogens (tertiary/aromatic N) is 2. The van der Waals surface area contributed by atoms with E-state index in [-0.39, 0.29) is 29.3 Å². The highest BCUT2D eigenvalue weighted by molar-refractivity contribution is 7.89. The average Bonchev–Trinajstić information content (AvgIpc) is 0.776. The average molecular weight is 1280 g/mol. The van der Waals surface area contributed by atoms with E-state index in [1.54, 1.807) is 6.08 Å². The van der Waals surface area contributed by atoms with Crippen LogP contribution in [0.3, 0.4) is 0 Å². The van der Waals surface area contributed by atoms with Gasteiger partial charge in [-0.15, -0.1) is 0 Å². The van der Waals surface area contributed by atoms with Crippen LogP contribution in [0.2, 0.25) is 0 Å². The van der Waals surface area contributed by atoms with Gasteiger partial charge in [0.05, 0.1) is 41.2 Å². The van der Waals surface area contributed by atoms with Crippen LogP contribution >= 0.6 is 0 Å². The van der Waals surface area contributed by atoms with Crippen LogP contribution in [-0.2, 0) is 49.0 Å². The van der Waals surface area contributed by atoms with Gasteiger partial charge >= 0.3 is 10.4 Å². The molecule has 87 heavy (non-hydrogen) atoms. The van der Waals surface area contributed by atoms with Crippen LogP contribution in [-0.4, -0.2) is 149 Å². The van der Waals surface area contributed by atoms with Gasteiger partial charge in [-0.3, -0.25) is 9.35 Å². The highest BCUT2D eigenvalue weighted by Gasteiger charge is 2.48. The molecule has 1 saturated heterocycles. The van der Waals surface area contributed by atoms with Crippen LogP contribution < -0.4 is 24.9 Å². The number of aliphatic hydroxyl groups is 4. The number of carbonyl (C=O) groups excluding carboxylic acids is 1. The van der Waals surface area contributed by atoms with E-state index < -0.39 is 91.5 Å². The summed E-state index contributed by atoms with van der Waals surface area (Å²) in [6.45, 7) is 12.2. The van der Waals surface area contributed by atoms with E-state index in [0.717, 1.165) is 107 Å². The highest BCUT2D eigenvalue weighted by atomic mass is 32.3. The molecule has 1 aliphatic carbocycles. The van der Waals surface area contributed by atoms with Crippen LogP contribution in [0.4, 0.5) is 5.69 Å². The fourth-order valence-electron chi connectivity index (χ4n) is 11.2. The van der Waals surface area contributed by atoms with E-state index >= 15 is 0 Å². The first-order valence-electron chi connectivity index (χ1n) is 31.6. The summed E-state index contributed by atoms with van der Waals surface area (Å²) in [6.07, 6.45) is 14.2. The Morgan fingerprint density at radius 3 is 1.93 bits per heavy atom. The third-order valence-electron chi connectivity index (χ3n) is 16.2. The molecule has 7 N–H and O–H groups in total. The molecule has 0 bridgehead atoms. The fourth-order valence-corrected chi connectivity index (χ4v) is 13.6. The molecule has 1 fully saturated rings. The van der Waals surface area contributed by atoms with E-state index in [1.807, 2.05) is 70.2 Å². The third-order valence-corrected chi connectivity index (χ3v) is 19.0. The molecular weight excluding hydrogens is 1180 g/mol. The summed E-state index contributed by atoms with van der Waals surface area (Å²) in [6, 6.07) is 13.9. The second kappa shape index (κ2) is 37.1. The van der Waals surface area contributed by atoms with Gasteiger partial charge in [-0.1, -0.05) is 134 Å². The number of allylic oxidation sites excluding steroid dienone is 1. The third kappa shape index (κ3) is 23.1. The first-order chi connectivity index (χ1) is 41.6. The van der Waals surface area contributed by atoms with Crippen molar-refractivity contribution in [2.45, 2.75) is 229 Å². The molecule has 0 spiro atoms. The maximum absolute atomic E-state index is 13.6. The monoisotopic (exact) mass is 1280 g/mol. The lowest BCUT2D eigenvalue weighted by Crippen LogP contribution is -2.61. The van der Waals surface area contributed by atoms with Crippen molar-refractivity contribution in [1.82, 2.24) is 14.6 Å². The molecule has 1 amide bonds. The lowest BCUT2D eigenvalue weighted by Gasteiger charge is -2.41. The highest BCUT2D eigenvalue weighted by Crippen LogP contribution is 2.43. The van der Waals surface area contributed by atoms with Gasteiger partial charge in [0.15, 0.2) is 6.29 Å². The van der Waals surface area contributed by atoms with Crippen LogP contribution in [0.1, 0.15) is 176 Å². The zero-order valence-corrected chi connectivity index (χ0v) is 54.1. The number of fused-ring (bicyclic) bond motifs is 2. The van der Waals surface area contributed by atoms with Crippen molar-refractivity contribution >= 4 is 53.1 Å². The van der Waals surface area contributed by atoms with Crippen LogP contribution in [0.25, 0.3) is 33.4 Å². The van der Waals surface area contributed by atoms with Crippen molar-refractivity contribution in [2.75, 3.05) is 50.8 Å². The largest absolute Gasteiger partial charge is 0.744 e. The molecule has 2 aliphatic heterocycles. The maximum Gasteiger partial charge on any atom is 0.397 e. The molecule has 0 radical (unpaired) electrons. The maximum atomic E-state index is 13.6. The predicted molar refractivity (Wildman–Crippen MR) is 336 cm³/mol. The van der Waals surface area contributed by atoms with Crippen LogP contribution in [0.5, 0.6) is 0 Å². The van der Waals surface area contributed by atoms with Crippen molar-refractivity contribution in [3.05, 3.63) is 72.1 Å². The van der Waals surface area contributed by atoms with Gasteiger partial charge in [0.25, 0.3) is 0 Å². The second-order valence-corrected chi connectivity index (χ2v) is 26.7. The zero-order chi connectivity index (χ0) is 63.6. The zero-order valence-electron chi connectivity index (χ0n) is 51.7. The Labute approximate surface area is 516 Å². The fraction of sp³-hybridized carbons (Fsp3) is 0.651. The van der Waals surface area contributed by atoms with E-state index in [9.17, 15) is 59.6 Å². The van der Waals surface area contributed by atoms with Crippen LogP contribution in [0, 0.1) is 0 Å². The molecule has 2 aromatic rings. The Balaban J connectivity index is 1.09. The molecule has 2 aromatic carbocycles. The first-order valence-corrected chi connectivity index (χ1v) is 35.8. The van der Waals surface area contributed by atoms with Gasteiger partial charge in [-0.05, 0) is 83.7 Å². The summed E-state index contributed by atoms with van der Waals surface area (Å²) >= 11 is 0. The molecule has 3 aliphatic rings. The van der Waals surface area contributed by atoms with Gasteiger partial charge in [0, 0.05) is 66.0 Å². The standard InChI is InChI=1S/C63H98N4O17S3/c1-6-11-12-13-14-15-16-17-18-20-23-26-29-32-53(69)52(45-81-63-61(72)62(84-87(78,79)80)60(71)56(44-68)83-63)65-58(70)33-30-27-24-21-19-22-25-28-31-40-64-85(73,74)48-36-39-51(57(43-48)86(75,76)77)59-49-37-34-46(66(7-2)8-3)41-54(49)82-55-42-47(35-38-50(55)59)67(9-4)10-5/h29,32,34-39,41-43,52-53,56,60-64,68-69,71-72H,6-28,30-31,33,40,44-45H2,1-5H3,(H2-,65,70,75,76,77,78,79,80)/b32-29+/t52-,53+,56+,60-,61+,62-,63+/m0/s1. The summed E-state index contributed by atoms with van der Waals surface area (Å²) in [4.78, 5) is 14.4. The molecule has 24 heteroatoms. The minimum absolute atomic E-state index is 0.0644. The van der Waals surface area contributed by atoms with Crippen molar-refractivity contribution in [2.24, 2.45) is 0 Å². The van der Waals surface area contributed by atoms with Gasteiger partial charge in [-0.2, -0.15) is 8.42 Å². The van der Waals surface area contributed by atoms with Gasteiger partial charge in [0.1, 0.15) is 59.0 Å². The lowest BCUT2D eigenvalue weighted by atomic mass is 9.93. The molecule has 5 rings (SSSR count). The number of hydrogen-bond acceptors (Lipinski definition) is 17. The van der Waals surface area contributed by atoms with Crippen molar-refractivity contribution in [3.8, 4) is 22.5 Å². The number of unbranched alkanes of at least 4 members (excludes halogenated alkanes) is 19. The minimum Gasteiger partial charge on any atom is -0.744 e. The second-order valence-electron chi connectivity index (χ2n) is 22.6. The van der Waals surface area contributed by atoms with E-state index in [0.29, 0.717) is 47.1 Å². The van der Waals surface area contributed by atoms with E-state index in [2.05, 4.69) is 30.6 Å². The number of aliphatic hydroxyl groups excluding tert-OH is 4. The van der Waals surface area contributed by atoms with E-state index in [1.165, 1.54) is 63.5 Å².